The molecule has 31 heavy (non-hydrogen) atoms. The molecule has 6 nitrogen and oxygen atoms in total. The summed E-state index contributed by atoms with van der Waals surface area (Å²) in [6.07, 6.45) is 2.02. The summed E-state index contributed by atoms with van der Waals surface area (Å²) < 4.78 is 29.8. The predicted octanol–water partition coefficient (Wildman–Crippen LogP) is 2.30. The van der Waals surface area contributed by atoms with Crippen LogP contribution in [0.4, 0.5) is 5.69 Å². The highest BCUT2D eigenvalue weighted by atomic mass is 79.9. The minimum atomic E-state index is -4.13. The highest BCUT2D eigenvalue weighted by Crippen LogP contribution is 2.45. The third-order valence-electron chi connectivity index (χ3n) is 5.66. The Labute approximate surface area is 204 Å². The van der Waals surface area contributed by atoms with E-state index in [9.17, 15) is 13.5 Å². The monoisotopic (exact) mass is 547 g/mol. The zero-order chi connectivity index (χ0) is 21.8. The number of aliphatic hydroxyl groups is 1. The molecule has 0 bridgehead atoms. The van der Waals surface area contributed by atoms with Gasteiger partial charge in [-0.05, 0) is 43.7 Å². The third kappa shape index (κ3) is 5.34. The predicted molar refractivity (Wildman–Crippen MR) is 121 cm³/mol. The Morgan fingerprint density at radius 1 is 1.19 bits per heavy atom. The molecule has 1 heterocycles. The summed E-state index contributed by atoms with van der Waals surface area (Å²) in [7, 11) is -4.13. The minimum Gasteiger partial charge on any atom is -1.00 e. The van der Waals surface area contributed by atoms with E-state index in [1.165, 1.54) is 12.1 Å². The van der Waals surface area contributed by atoms with Gasteiger partial charge in [-0.2, -0.15) is 8.42 Å². The van der Waals surface area contributed by atoms with Crippen molar-refractivity contribution in [3.63, 3.8) is 0 Å². The van der Waals surface area contributed by atoms with Crippen LogP contribution in [0.5, 0.6) is 0 Å². The second-order valence-corrected chi connectivity index (χ2v) is 10.4. The van der Waals surface area contributed by atoms with Crippen molar-refractivity contribution in [3.8, 4) is 0 Å². The summed E-state index contributed by atoms with van der Waals surface area (Å²) in [5.74, 6) is 1.28. The molecule has 0 amide bonds. The van der Waals surface area contributed by atoms with E-state index in [-0.39, 0.29) is 26.9 Å². The van der Waals surface area contributed by atoms with E-state index in [0.29, 0.717) is 21.5 Å². The summed E-state index contributed by atoms with van der Waals surface area (Å²) in [6, 6.07) is 13.3. The van der Waals surface area contributed by atoms with Gasteiger partial charge in [-0.3, -0.25) is 4.48 Å². The van der Waals surface area contributed by atoms with Crippen molar-refractivity contribution >= 4 is 39.1 Å². The van der Waals surface area contributed by atoms with E-state index < -0.39 is 15.7 Å². The van der Waals surface area contributed by atoms with Gasteiger partial charge in [0.05, 0.1) is 29.6 Å². The molecule has 0 spiro atoms. The highest BCUT2D eigenvalue weighted by molar-refractivity contribution is 7.99. The molecule has 1 aliphatic heterocycles. The fourth-order valence-electron chi connectivity index (χ4n) is 3.77. The van der Waals surface area contributed by atoms with Crippen molar-refractivity contribution in [3.05, 3.63) is 59.1 Å². The fraction of sp³-hybridized carbons (Fsp3) is 0.429. The quantitative estimate of drug-likeness (QED) is 0.406. The number of thioether (sulfide) groups is 1. The molecule has 2 aromatic carbocycles. The van der Waals surface area contributed by atoms with E-state index >= 15 is 0 Å². The molecule has 2 unspecified atom stereocenters. The number of quaternary nitrogens is 1. The van der Waals surface area contributed by atoms with Gasteiger partial charge >= 0.3 is 10.0 Å². The first kappa shape index (κ1) is 26.3. The molecular weight excluding hydrogens is 522 g/mol. The maximum absolute atomic E-state index is 12.9. The molecule has 10 heteroatoms. The number of sulfonamides is 1. The maximum Gasteiger partial charge on any atom is 0.301 e. The van der Waals surface area contributed by atoms with Crippen molar-refractivity contribution in [2.75, 3.05) is 24.7 Å². The molecule has 2 aromatic rings. The Morgan fingerprint density at radius 2 is 1.90 bits per heavy atom. The van der Waals surface area contributed by atoms with Crippen LogP contribution >= 0.6 is 23.4 Å². The number of rotatable bonds is 8. The number of benzene rings is 2. The van der Waals surface area contributed by atoms with Crippen LogP contribution in [0.15, 0.2) is 63.1 Å². The Balaban J connectivity index is 0.00000341. The molecule has 2 atom stereocenters. The zero-order valence-electron chi connectivity index (χ0n) is 17.5. The fourth-order valence-corrected chi connectivity index (χ4v) is 6.76. The first-order valence-electron chi connectivity index (χ1n) is 9.97. The number of unbranched alkanes of at least 4 members (excludes halogenated alkanes) is 1. The Morgan fingerprint density at radius 3 is 2.55 bits per heavy atom. The number of hydrogen-bond donors (Lipinski definition) is 1. The van der Waals surface area contributed by atoms with Gasteiger partial charge in [-0.15, -0.1) is 5.11 Å². The van der Waals surface area contributed by atoms with Crippen molar-refractivity contribution in [1.29, 1.82) is 0 Å². The zero-order valence-corrected chi connectivity index (χ0v) is 21.5. The van der Waals surface area contributed by atoms with Crippen molar-refractivity contribution < 1.29 is 35.0 Å². The molecule has 3 rings (SSSR count). The summed E-state index contributed by atoms with van der Waals surface area (Å²) in [6.45, 7) is 5.77. The summed E-state index contributed by atoms with van der Waals surface area (Å²) in [5, 5.41) is 15.6. The average Bonchev–Trinajstić information content (AvgIpc) is 3.09. The SMILES string of the molecule is CCCC[N+]1(CC)CSCC1(O)c1ccc(Cl)c(S(=O)(=O)N=Nc2ccccc2)c1.[Br-]. The lowest BCUT2D eigenvalue weighted by Crippen LogP contribution is -3.00. The van der Waals surface area contributed by atoms with Gasteiger partial charge in [0.25, 0.3) is 0 Å². The first-order valence-corrected chi connectivity index (χ1v) is 12.9. The molecule has 1 saturated heterocycles. The normalized spacial score (nSPS) is 23.7. The van der Waals surface area contributed by atoms with Gasteiger partial charge in [-0.1, -0.05) is 59.4 Å². The molecule has 1 N–H and O–H groups in total. The third-order valence-corrected chi connectivity index (χ3v) is 8.58. The van der Waals surface area contributed by atoms with Crippen molar-refractivity contribution in [1.82, 2.24) is 0 Å². The standard InChI is InChI=1S/C21H27ClN3O3S2.BrH/c1-3-5-13-25(4-2)16-29-15-21(25,26)17-11-12-19(22)20(14-17)30(27,28)24-23-18-9-7-6-8-10-18;/h6-12,14,26H,3-5,13,15-16H2,1-2H3;1H/q+1;/p-1. The summed E-state index contributed by atoms with van der Waals surface area (Å²) in [4.78, 5) is -0.142. The average molecular weight is 549 g/mol. The molecular formula is C21H27BrClN3O3S2. The van der Waals surface area contributed by atoms with Gasteiger partial charge in [-0.25, -0.2) is 0 Å². The minimum absolute atomic E-state index is 0. The van der Waals surface area contributed by atoms with E-state index in [2.05, 4.69) is 23.5 Å². The molecule has 170 valence electrons. The summed E-state index contributed by atoms with van der Waals surface area (Å²) in [5.41, 5.74) is -0.205. The second-order valence-electron chi connectivity index (χ2n) is 7.47. The molecule has 0 aromatic heterocycles. The van der Waals surface area contributed by atoms with Crippen LogP contribution in [0.3, 0.4) is 0 Å². The van der Waals surface area contributed by atoms with E-state index in [1.54, 1.807) is 42.1 Å². The van der Waals surface area contributed by atoms with E-state index in [0.717, 1.165) is 31.8 Å². The van der Waals surface area contributed by atoms with Crippen LogP contribution in [0.2, 0.25) is 5.02 Å². The second kappa shape index (κ2) is 10.8. The Hall–Kier alpha value is -0.970. The topological polar surface area (TPSA) is 79.1 Å². The Bertz CT molecular complexity index is 1020. The maximum atomic E-state index is 12.9. The van der Waals surface area contributed by atoms with E-state index in [4.69, 9.17) is 11.6 Å². The van der Waals surface area contributed by atoms with Crippen molar-refractivity contribution in [2.45, 2.75) is 37.3 Å². The van der Waals surface area contributed by atoms with Crippen LogP contribution in [0, 0.1) is 0 Å². The number of hydrogen-bond acceptors (Lipinski definition) is 5. The van der Waals surface area contributed by atoms with Gasteiger partial charge in [0.15, 0.2) is 0 Å². The molecule has 0 aliphatic carbocycles. The lowest BCUT2D eigenvalue weighted by Gasteiger charge is -2.44. The van der Waals surface area contributed by atoms with Crippen LogP contribution < -0.4 is 17.0 Å². The largest absolute Gasteiger partial charge is 1.00 e. The molecule has 0 saturated carbocycles. The molecule has 0 radical (unpaired) electrons. The first-order chi connectivity index (χ1) is 14.3. The Kier molecular flexibility index (Phi) is 9.13. The lowest BCUT2D eigenvalue weighted by atomic mass is 9.99. The van der Waals surface area contributed by atoms with E-state index in [1.807, 2.05) is 6.07 Å². The number of halogens is 2. The van der Waals surface area contributed by atoms with Gasteiger partial charge in [0.1, 0.15) is 10.8 Å². The lowest BCUT2D eigenvalue weighted by molar-refractivity contribution is -0.989. The summed E-state index contributed by atoms with van der Waals surface area (Å²) >= 11 is 7.91. The van der Waals surface area contributed by atoms with Crippen molar-refractivity contribution in [2.24, 2.45) is 9.63 Å². The van der Waals surface area contributed by atoms with Gasteiger partial charge in [0.2, 0.25) is 5.72 Å². The van der Waals surface area contributed by atoms with Crippen LogP contribution in [0.1, 0.15) is 32.3 Å². The van der Waals surface area contributed by atoms with Crippen LogP contribution in [-0.2, 0) is 15.7 Å². The molecule has 1 fully saturated rings. The van der Waals surface area contributed by atoms with Gasteiger partial charge < -0.3 is 22.1 Å². The van der Waals surface area contributed by atoms with Crippen LogP contribution in [-0.4, -0.2) is 42.7 Å². The smallest absolute Gasteiger partial charge is 0.301 e. The number of nitrogens with zero attached hydrogens (tertiary/aromatic N) is 3. The molecule has 1 aliphatic rings. The van der Waals surface area contributed by atoms with Crippen LogP contribution in [0.25, 0.3) is 0 Å². The highest BCUT2D eigenvalue weighted by Gasteiger charge is 2.54. The van der Waals surface area contributed by atoms with Gasteiger partial charge in [0, 0.05) is 5.56 Å².